The lowest BCUT2D eigenvalue weighted by Gasteiger charge is -2.38. The van der Waals surface area contributed by atoms with Crippen molar-refractivity contribution in [3.05, 3.63) is 205 Å². The molecule has 3 heterocycles. The topological polar surface area (TPSA) is 32.3 Å². The number of benzene rings is 4. The van der Waals surface area contributed by atoms with Gasteiger partial charge in [0.05, 0.1) is 11.2 Å². The Hall–Kier alpha value is -6.26. The minimum Gasteiger partial charge on any atom is -0.364 e. The van der Waals surface area contributed by atoms with Crippen molar-refractivity contribution >= 4 is 33.3 Å². The lowest BCUT2D eigenvalue weighted by molar-refractivity contribution is 0.465. The third kappa shape index (κ3) is 8.70. The van der Waals surface area contributed by atoms with E-state index in [1.807, 2.05) is 0 Å². The molecule has 4 nitrogen and oxygen atoms in total. The van der Waals surface area contributed by atoms with Crippen LogP contribution in [0.2, 0.25) is 0 Å². The number of nitrogens with zero attached hydrogens (tertiary/aromatic N) is 4. The molecule has 0 N–H and O–H groups in total. The second kappa shape index (κ2) is 18.8. The quantitative estimate of drug-likeness (QED) is 0.154. The second-order valence-electron chi connectivity index (χ2n) is 16.5. The Morgan fingerprint density at radius 1 is 0.767 bits per heavy atom. The van der Waals surface area contributed by atoms with Crippen molar-refractivity contribution in [2.24, 2.45) is 11.8 Å². The van der Waals surface area contributed by atoms with E-state index in [1.165, 1.54) is 33.2 Å². The van der Waals surface area contributed by atoms with Gasteiger partial charge in [0.1, 0.15) is 0 Å². The fourth-order valence-electron chi connectivity index (χ4n) is 9.39. The SMILES string of the molecule is C=CCCC1C(C)C(=C)/C=C([C@H]2CCN(c3nc(-c4ccccc4)c4ccccc4n3)CCC/C=C\C(=C)C(=C)C3=C2CCC=C3)\C=C/CN1c1cccc2ccccc12. The third-order valence-electron chi connectivity index (χ3n) is 12.7. The van der Waals surface area contributed by atoms with Crippen molar-refractivity contribution in [2.45, 2.75) is 57.9 Å². The highest BCUT2D eigenvalue weighted by molar-refractivity contribution is 5.95. The van der Waals surface area contributed by atoms with Gasteiger partial charge in [-0.25, -0.2) is 9.97 Å². The zero-order chi connectivity index (χ0) is 41.4. The Morgan fingerprint density at radius 2 is 1.53 bits per heavy atom. The first kappa shape index (κ1) is 40.5. The number of aromatic nitrogens is 2. The van der Waals surface area contributed by atoms with Gasteiger partial charge >= 0.3 is 0 Å². The monoisotopic (exact) mass is 786 g/mol. The van der Waals surface area contributed by atoms with Crippen LogP contribution >= 0.6 is 0 Å². The van der Waals surface area contributed by atoms with Crippen molar-refractivity contribution in [1.82, 2.24) is 9.97 Å². The summed E-state index contributed by atoms with van der Waals surface area (Å²) < 4.78 is 0. The van der Waals surface area contributed by atoms with Crippen LogP contribution in [-0.2, 0) is 0 Å². The Bertz CT molecular complexity index is 2560. The maximum atomic E-state index is 5.37. The standard InChI is InChI=1S/C56H58N4/c1-6-7-33-53-43(5)41(3)39-46(27-21-37-60(53)54-34-20-26-44-23-13-14-29-49(44)54)48-35-38-59(36-19-9-10-22-40(2)42(4)47-28-15-16-30-50(47)48)56-57-52-32-18-17-31-51(52)55(58-56)45-24-11-8-12-25-45/h6,8,10-15,17-18,20-29,31-32,34,39,43,48,53H,1-4,7,9,16,19,30,33,35-38H2,5H3/b22-10-,27-21-,46-39+/t43?,48-,53?/m1/s1. The summed E-state index contributed by atoms with van der Waals surface area (Å²) in [4.78, 5) is 15.7. The van der Waals surface area contributed by atoms with E-state index in [1.54, 1.807) is 0 Å². The van der Waals surface area contributed by atoms with Gasteiger partial charge in [0.15, 0.2) is 0 Å². The number of para-hydroxylation sites is 1. The van der Waals surface area contributed by atoms with Gasteiger partial charge in [0, 0.05) is 59.5 Å². The average Bonchev–Trinajstić information content (AvgIpc) is 3.35. The number of fused-ring (bicyclic) bond motifs is 2. The molecule has 302 valence electrons. The van der Waals surface area contributed by atoms with Gasteiger partial charge < -0.3 is 9.80 Å². The van der Waals surface area contributed by atoms with Gasteiger partial charge in [-0.2, -0.15) is 0 Å². The van der Waals surface area contributed by atoms with E-state index in [0.29, 0.717) is 0 Å². The van der Waals surface area contributed by atoms with Crippen LogP contribution in [0.1, 0.15) is 51.9 Å². The summed E-state index contributed by atoms with van der Waals surface area (Å²) in [6.45, 7) is 22.9. The molecule has 60 heavy (non-hydrogen) atoms. The molecule has 2 unspecified atom stereocenters. The molecule has 0 saturated heterocycles. The molecule has 1 aliphatic carbocycles. The Kier molecular flexibility index (Phi) is 12.7. The van der Waals surface area contributed by atoms with E-state index >= 15 is 0 Å². The van der Waals surface area contributed by atoms with Crippen LogP contribution in [0.25, 0.3) is 32.9 Å². The summed E-state index contributed by atoms with van der Waals surface area (Å²) in [5.41, 5.74) is 11.4. The van der Waals surface area contributed by atoms with Crippen LogP contribution in [0.15, 0.2) is 205 Å². The van der Waals surface area contributed by atoms with E-state index < -0.39 is 0 Å². The van der Waals surface area contributed by atoms with Crippen molar-refractivity contribution in [1.29, 1.82) is 0 Å². The average molecular weight is 787 g/mol. The molecule has 3 aliphatic rings. The molecule has 5 aromatic rings. The number of anilines is 2. The van der Waals surface area contributed by atoms with Crippen LogP contribution in [0.4, 0.5) is 11.6 Å². The van der Waals surface area contributed by atoms with Crippen molar-refractivity contribution in [2.75, 3.05) is 29.4 Å². The minimum absolute atomic E-state index is 0.117. The molecular formula is C56H58N4. The Balaban J connectivity index is 1.23. The van der Waals surface area contributed by atoms with E-state index in [9.17, 15) is 0 Å². The first-order valence-electron chi connectivity index (χ1n) is 21.8. The molecule has 0 spiro atoms. The number of allylic oxidation sites excluding steroid dienone is 12. The highest BCUT2D eigenvalue weighted by Gasteiger charge is 2.30. The lowest BCUT2D eigenvalue weighted by Crippen LogP contribution is -2.40. The highest BCUT2D eigenvalue weighted by atomic mass is 15.2. The fourth-order valence-corrected chi connectivity index (χ4v) is 9.39. The smallest absolute Gasteiger partial charge is 0.226 e. The maximum Gasteiger partial charge on any atom is 0.226 e. The van der Waals surface area contributed by atoms with Gasteiger partial charge in [-0.3, -0.25) is 0 Å². The van der Waals surface area contributed by atoms with E-state index in [4.69, 9.17) is 16.5 Å². The molecular weight excluding hydrogens is 729 g/mol. The largest absolute Gasteiger partial charge is 0.364 e. The number of hydrogen-bond donors (Lipinski definition) is 0. The summed E-state index contributed by atoms with van der Waals surface area (Å²) in [7, 11) is 0. The predicted molar refractivity (Wildman–Crippen MR) is 257 cm³/mol. The molecule has 0 fully saturated rings. The molecule has 2 aliphatic heterocycles. The van der Waals surface area contributed by atoms with Crippen molar-refractivity contribution in [3.63, 3.8) is 0 Å². The minimum atomic E-state index is 0.117. The summed E-state index contributed by atoms with van der Waals surface area (Å²) in [5, 5.41) is 3.60. The highest BCUT2D eigenvalue weighted by Crippen LogP contribution is 2.41. The molecule has 0 saturated carbocycles. The van der Waals surface area contributed by atoms with E-state index in [2.05, 4.69) is 182 Å². The molecule has 3 atom stereocenters. The van der Waals surface area contributed by atoms with E-state index in [0.717, 1.165) is 109 Å². The fraction of sp³-hybridized carbons (Fsp3) is 0.250. The third-order valence-corrected chi connectivity index (χ3v) is 12.7. The van der Waals surface area contributed by atoms with Gasteiger partial charge in [-0.05, 0) is 84.8 Å². The van der Waals surface area contributed by atoms with Crippen molar-refractivity contribution in [3.8, 4) is 11.3 Å². The molecule has 4 heteroatoms. The van der Waals surface area contributed by atoms with Crippen LogP contribution in [0.5, 0.6) is 0 Å². The maximum absolute atomic E-state index is 5.37. The zero-order valence-electron chi connectivity index (χ0n) is 35.3. The summed E-state index contributed by atoms with van der Waals surface area (Å²) >= 11 is 0. The molecule has 8 rings (SSSR count). The molecule has 0 radical (unpaired) electrons. The summed E-state index contributed by atoms with van der Waals surface area (Å²) in [6.07, 6.45) is 25.0. The molecule has 0 bridgehead atoms. The van der Waals surface area contributed by atoms with Crippen LogP contribution in [0.3, 0.4) is 0 Å². The van der Waals surface area contributed by atoms with Crippen LogP contribution in [0, 0.1) is 11.8 Å². The van der Waals surface area contributed by atoms with Crippen LogP contribution < -0.4 is 9.80 Å². The molecule has 1 aromatic heterocycles. The van der Waals surface area contributed by atoms with Crippen molar-refractivity contribution < 1.29 is 0 Å². The lowest BCUT2D eigenvalue weighted by atomic mass is 9.77. The zero-order valence-corrected chi connectivity index (χ0v) is 35.3. The summed E-state index contributed by atoms with van der Waals surface area (Å²) in [5.74, 6) is 1.10. The molecule has 0 amide bonds. The summed E-state index contributed by atoms with van der Waals surface area (Å²) in [6, 6.07) is 34.6. The number of hydrogen-bond acceptors (Lipinski definition) is 4. The Labute approximate surface area is 357 Å². The van der Waals surface area contributed by atoms with E-state index in [-0.39, 0.29) is 17.9 Å². The number of rotatable bonds is 7. The van der Waals surface area contributed by atoms with Gasteiger partial charge in [0.2, 0.25) is 5.95 Å². The Morgan fingerprint density at radius 3 is 2.38 bits per heavy atom. The first-order chi connectivity index (χ1) is 29.4. The normalized spacial score (nSPS) is 22.7. The van der Waals surface area contributed by atoms with Gasteiger partial charge in [0.25, 0.3) is 0 Å². The molecule has 4 aromatic carbocycles. The second-order valence-corrected chi connectivity index (χ2v) is 16.5. The first-order valence-corrected chi connectivity index (χ1v) is 21.8. The van der Waals surface area contributed by atoms with Crippen LogP contribution in [-0.4, -0.2) is 35.6 Å². The predicted octanol–water partition coefficient (Wildman–Crippen LogP) is 13.9. The van der Waals surface area contributed by atoms with Gasteiger partial charge in [-0.15, -0.1) is 6.58 Å². The van der Waals surface area contributed by atoms with Gasteiger partial charge in [-0.1, -0.05) is 171 Å².